The maximum absolute atomic E-state index is 15.1. The van der Waals surface area contributed by atoms with Crippen molar-refractivity contribution in [1.29, 1.82) is 0 Å². The van der Waals surface area contributed by atoms with Crippen LogP contribution < -0.4 is 15.6 Å². The van der Waals surface area contributed by atoms with E-state index in [2.05, 4.69) is 5.32 Å². The molecule has 6 nitrogen and oxygen atoms in total. The van der Waals surface area contributed by atoms with Crippen molar-refractivity contribution in [3.8, 4) is 22.7 Å². The van der Waals surface area contributed by atoms with Crippen LogP contribution in [-0.2, 0) is 7.05 Å². The molecule has 0 aliphatic heterocycles. The normalized spacial score (nSPS) is 13.0. The average Bonchev–Trinajstić information content (AvgIpc) is 3.68. The number of para-hydroxylation sites is 1. The van der Waals surface area contributed by atoms with Crippen LogP contribution in [-0.4, -0.2) is 22.4 Å². The summed E-state index contributed by atoms with van der Waals surface area (Å²) in [5, 5.41) is 2.61. The zero-order valence-corrected chi connectivity index (χ0v) is 19.2. The van der Waals surface area contributed by atoms with Crippen molar-refractivity contribution < 1.29 is 18.3 Å². The predicted molar refractivity (Wildman–Crippen MR) is 129 cm³/mol. The second-order valence-electron chi connectivity index (χ2n) is 8.52. The Kier molecular flexibility index (Phi) is 5.72. The molecule has 1 saturated carbocycles. The van der Waals surface area contributed by atoms with E-state index in [4.69, 9.17) is 4.74 Å². The fraction of sp³-hybridized carbons (Fsp3) is 0.185. The molecule has 5 rings (SSSR count). The number of halogens is 2. The molecule has 0 saturated heterocycles. The SMILES string of the molecule is COc1cc(F)c(-c2c(NC(=O)c3ccc(C4CC4)cc3)c(=O)n(-c3ccccc3)n2C)c(F)c1. The first-order valence-electron chi connectivity index (χ1n) is 11.2. The lowest BCUT2D eigenvalue weighted by molar-refractivity contribution is 0.102. The lowest BCUT2D eigenvalue weighted by atomic mass is 10.1. The van der Waals surface area contributed by atoms with Gasteiger partial charge in [0.25, 0.3) is 11.5 Å². The summed E-state index contributed by atoms with van der Waals surface area (Å²) >= 11 is 0. The van der Waals surface area contributed by atoms with E-state index >= 15 is 8.78 Å². The van der Waals surface area contributed by atoms with Crippen molar-refractivity contribution in [3.05, 3.63) is 99.8 Å². The van der Waals surface area contributed by atoms with Crippen LogP contribution in [0.15, 0.2) is 71.5 Å². The van der Waals surface area contributed by atoms with E-state index < -0.39 is 28.7 Å². The summed E-state index contributed by atoms with van der Waals surface area (Å²) in [5.74, 6) is -1.87. The number of amides is 1. The minimum absolute atomic E-state index is 0.00224. The Balaban J connectivity index is 1.65. The van der Waals surface area contributed by atoms with Crippen molar-refractivity contribution in [2.45, 2.75) is 18.8 Å². The predicted octanol–water partition coefficient (Wildman–Crippen LogP) is 5.26. The van der Waals surface area contributed by atoms with Gasteiger partial charge in [-0.25, -0.2) is 13.5 Å². The number of methoxy groups -OCH3 is 1. The molecule has 0 unspecified atom stereocenters. The van der Waals surface area contributed by atoms with Gasteiger partial charge < -0.3 is 10.1 Å². The Morgan fingerprint density at radius 2 is 1.63 bits per heavy atom. The Hall–Kier alpha value is -4.20. The second-order valence-corrected chi connectivity index (χ2v) is 8.52. The number of hydrogen-bond donors (Lipinski definition) is 1. The Bertz CT molecular complexity index is 1450. The molecule has 35 heavy (non-hydrogen) atoms. The van der Waals surface area contributed by atoms with Crippen molar-refractivity contribution in [3.63, 3.8) is 0 Å². The van der Waals surface area contributed by atoms with Crippen molar-refractivity contribution in [1.82, 2.24) is 9.36 Å². The molecule has 3 aromatic carbocycles. The largest absolute Gasteiger partial charge is 0.497 e. The highest BCUT2D eigenvalue weighted by molar-refractivity contribution is 6.06. The quantitative estimate of drug-likeness (QED) is 0.414. The number of nitrogens with one attached hydrogen (secondary N) is 1. The molecule has 1 aromatic heterocycles. The summed E-state index contributed by atoms with van der Waals surface area (Å²) < 4.78 is 37.8. The zero-order valence-electron chi connectivity index (χ0n) is 19.2. The first-order valence-corrected chi connectivity index (χ1v) is 11.2. The first kappa shape index (κ1) is 22.6. The molecule has 1 fully saturated rings. The van der Waals surface area contributed by atoms with Crippen LogP contribution in [0.2, 0.25) is 0 Å². The third-order valence-electron chi connectivity index (χ3n) is 6.22. The molecule has 0 radical (unpaired) electrons. The van der Waals surface area contributed by atoms with E-state index in [0.717, 1.165) is 30.5 Å². The summed E-state index contributed by atoms with van der Waals surface area (Å²) in [6.45, 7) is 0. The molecule has 1 N–H and O–H groups in total. The third-order valence-corrected chi connectivity index (χ3v) is 6.22. The fourth-order valence-electron chi connectivity index (χ4n) is 4.27. The average molecular weight is 475 g/mol. The van der Waals surface area contributed by atoms with Gasteiger partial charge in [0.2, 0.25) is 0 Å². The van der Waals surface area contributed by atoms with Crippen LogP contribution in [0.4, 0.5) is 14.5 Å². The van der Waals surface area contributed by atoms with Crippen LogP contribution in [0, 0.1) is 11.6 Å². The van der Waals surface area contributed by atoms with Crippen molar-refractivity contribution in [2.75, 3.05) is 12.4 Å². The molecule has 0 spiro atoms. The molecule has 0 bridgehead atoms. The van der Waals surface area contributed by atoms with Crippen LogP contribution in [0.25, 0.3) is 16.9 Å². The van der Waals surface area contributed by atoms with Gasteiger partial charge in [0.1, 0.15) is 28.8 Å². The highest BCUT2D eigenvalue weighted by Crippen LogP contribution is 2.40. The van der Waals surface area contributed by atoms with Gasteiger partial charge >= 0.3 is 0 Å². The van der Waals surface area contributed by atoms with Crippen LogP contribution in [0.1, 0.15) is 34.7 Å². The number of aromatic nitrogens is 2. The minimum Gasteiger partial charge on any atom is -0.497 e. The molecule has 1 aliphatic carbocycles. The molecule has 8 heteroatoms. The third kappa shape index (κ3) is 4.12. The summed E-state index contributed by atoms with van der Waals surface area (Å²) in [6, 6.07) is 17.9. The topological polar surface area (TPSA) is 65.3 Å². The number of nitrogens with zero attached hydrogens (tertiary/aromatic N) is 2. The Labute approximate surface area is 200 Å². The molecular weight excluding hydrogens is 452 g/mol. The first-order chi connectivity index (χ1) is 16.9. The maximum Gasteiger partial charge on any atom is 0.295 e. The standard InChI is InChI=1S/C27H23F2N3O3/c1-31-25(23-21(28)14-20(35-2)15-22(23)29)24(27(34)32(31)19-6-4-3-5-7-19)30-26(33)18-12-10-17(11-13-18)16-8-9-16/h3-7,10-16H,8-9H2,1-2H3,(H,30,33). The molecule has 178 valence electrons. The van der Waals surface area contributed by atoms with Gasteiger partial charge in [-0.3, -0.25) is 14.3 Å². The zero-order chi connectivity index (χ0) is 24.7. The number of anilines is 1. The van der Waals surface area contributed by atoms with Crippen LogP contribution in [0.5, 0.6) is 5.75 Å². The monoisotopic (exact) mass is 475 g/mol. The van der Waals surface area contributed by atoms with Gasteiger partial charge in [0, 0.05) is 24.7 Å². The van der Waals surface area contributed by atoms with Crippen molar-refractivity contribution in [2.24, 2.45) is 7.05 Å². The van der Waals surface area contributed by atoms with Gasteiger partial charge in [0.15, 0.2) is 0 Å². The Morgan fingerprint density at radius 3 is 2.20 bits per heavy atom. The highest BCUT2D eigenvalue weighted by atomic mass is 19.1. The molecule has 0 atom stereocenters. The number of carbonyl (C=O) groups is 1. The molecule has 1 amide bonds. The van der Waals surface area contributed by atoms with Crippen LogP contribution >= 0.6 is 0 Å². The fourth-order valence-corrected chi connectivity index (χ4v) is 4.27. The van der Waals surface area contributed by atoms with E-state index in [1.54, 1.807) is 42.5 Å². The van der Waals surface area contributed by atoms with E-state index in [-0.39, 0.29) is 17.1 Å². The Morgan fingerprint density at radius 1 is 1.00 bits per heavy atom. The van der Waals surface area contributed by atoms with Gasteiger partial charge in [0.05, 0.1) is 18.4 Å². The van der Waals surface area contributed by atoms with Gasteiger partial charge in [-0.05, 0) is 48.6 Å². The highest BCUT2D eigenvalue weighted by Gasteiger charge is 2.28. The molecule has 1 aliphatic rings. The molecular formula is C27H23F2N3O3. The smallest absolute Gasteiger partial charge is 0.295 e. The molecule has 4 aromatic rings. The summed E-state index contributed by atoms with van der Waals surface area (Å²) in [7, 11) is 2.81. The number of hydrogen-bond acceptors (Lipinski definition) is 3. The van der Waals surface area contributed by atoms with Gasteiger partial charge in [-0.15, -0.1) is 0 Å². The molecule has 1 heterocycles. The number of rotatable bonds is 6. The van der Waals surface area contributed by atoms with E-state index in [0.29, 0.717) is 17.2 Å². The van der Waals surface area contributed by atoms with Gasteiger partial charge in [-0.1, -0.05) is 30.3 Å². The van der Waals surface area contributed by atoms with E-state index in [1.807, 2.05) is 12.1 Å². The number of ether oxygens (including phenoxy) is 1. The summed E-state index contributed by atoms with van der Waals surface area (Å²) in [4.78, 5) is 26.6. The number of carbonyl (C=O) groups excluding carboxylic acids is 1. The lowest BCUT2D eigenvalue weighted by Crippen LogP contribution is -2.22. The maximum atomic E-state index is 15.1. The lowest BCUT2D eigenvalue weighted by Gasteiger charge is -2.13. The summed E-state index contributed by atoms with van der Waals surface area (Å²) in [5.41, 5.74) is 0.590. The van der Waals surface area contributed by atoms with Gasteiger partial charge in [-0.2, -0.15) is 0 Å². The van der Waals surface area contributed by atoms with E-state index in [9.17, 15) is 9.59 Å². The number of benzene rings is 3. The minimum atomic E-state index is -0.924. The van der Waals surface area contributed by atoms with Crippen molar-refractivity contribution >= 4 is 11.6 Å². The second kappa shape index (κ2) is 8.87. The van der Waals surface area contributed by atoms with E-state index in [1.165, 1.54) is 23.5 Å². The summed E-state index contributed by atoms with van der Waals surface area (Å²) in [6.07, 6.45) is 2.27. The van der Waals surface area contributed by atoms with Crippen LogP contribution in [0.3, 0.4) is 0 Å².